The van der Waals surface area contributed by atoms with Crippen LogP contribution in [0.3, 0.4) is 0 Å². The van der Waals surface area contributed by atoms with Crippen LogP contribution in [0.2, 0.25) is 0 Å². The van der Waals surface area contributed by atoms with Crippen molar-refractivity contribution in [2.45, 2.75) is 25.3 Å². The number of hydrogen-bond donors (Lipinski definition) is 2. The molecule has 70 valence electrons. The van der Waals surface area contributed by atoms with Gasteiger partial charge in [0, 0.05) is 17.5 Å². The van der Waals surface area contributed by atoms with E-state index in [0.717, 1.165) is 19.3 Å². The van der Waals surface area contributed by atoms with Gasteiger partial charge in [-0.15, -0.1) is 23.7 Å². The summed E-state index contributed by atoms with van der Waals surface area (Å²) in [6.45, 7) is 0. The van der Waals surface area contributed by atoms with E-state index in [9.17, 15) is 0 Å². The Morgan fingerprint density at radius 3 is 3.15 bits per heavy atom. The average molecular weight is 195 g/mol. The fourth-order valence-electron chi connectivity index (χ4n) is 1.11. The maximum Gasteiger partial charge on any atom is 0.0794 e. The quantitative estimate of drug-likeness (QED) is 0.323. The fraction of sp³-hybridized carbons (Fsp3) is 0.444. The number of hydrogen-bond acceptors (Lipinski definition) is 4. The highest BCUT2D eigenvalue weighted by Gasteiger charge is 2.09. The summed E-state index contributed by atoms with van der Waals surface area (Å²) in [5.74, 6) is 8.04. The minimum absolute atomic E-state index is 0.195. The minimum Gasteiger partial charge on any atom is -0.271 e. The van der Waals surface area contributed by atoms with Gasteiger partial charge in [-0.1, -0.05) is 0 Å². The number of unbranched alkanes of at least 4 members (excludes halogenated alkanes) is 1. The summed E-state index contributed by atoms with van der Waals surface area (Å²) in [6, 6.07) is 0.195. The van der Waals surface area contributed by atoms with Crippen molar-refractivity contribution in [1.82, 2.24) is 10.4 Å². The third-order valence-electron chi connectivity index (χ3n) is 1.81. The molecule has 1 aromatic heterocycles. The molecule has 3 nitrogen and oxygen atoms in total. The number of nitrogens with two attached hydrogens (primary N) is 1. The number of thiazole rings is 1. The van der Waals surface area contributed by atoms with Gasteiger partial charge in [-0.3, -0.25) is 16.3 Å². The molecule has 1 unspecified atom stereocenters. The Balaban J connectivity index is 2.41. The van der Waals surface area contributed by atoms with Crippen molar-refractivity contribution < 1.29 is 0 Å². The van der Waals surface area contributed by atoms with E-state index in [-0.39, 0.29) is 6.04 Å². The van der Waals surface area contributed by atoms with Crippen LogP contribution in [0, 0.1) is 12.3 Å². The van der Waals surface area contributed by atoms with E-state index in [1.54, 1.807) is 16.8 Å². The molecule has 0 saturated heterocycles. The number of rotatable bonds is 5. The fourth-order valence-corrected chi connectivity index (χ4v) is 1.83. The zero-order chi connectivity index (χ0) is 9.52. The molecule has 1 heterocycles. The molecule has 0 radical (unpaired) electrons. The largest absolute Gasteiger partial charge is 0.271 e. The van der Waals surface area contributed by atoms with Gasteiger partial charge in [-0.05, 0) is 12.8 Å². The Labute approximate surface area is 82.3 Å². The van der Waals surface area contributed by atoms with Crippen molar-refractivity contribution in [1.29, 1.82) is 0 Å². The SMILES string of the molecule is C#CCCCC(NN)c1cncs1. The minimum atomic E-state index is 0.195. The summed E-state index contributed by atoms with van der Waals surface area (Å²) in [4.78, 5) is 5.17. The first kappa shape index (κ1) is 10.2. The molecule has 1 atom stereocenters. The standard InChI is InChI=1S/C9H13N3S/c1-2-3-4-5-8(12-10)9-6-11-7-13-9/h1,6-8,12H,3-5,10H2. The van der Waals surface area contributed by atoms with Gasteiger partial charge in [-0.25, -0.2) is 0 Å². The Hall–Kier alpha value is -0.890. The lowest BCUT2D eigenvalue weighted by Gasteiger charge is -2.11. The van der Waals surface area contributed by atoms with Crippen molar-refractivity contribution in [3.05, 3.63) is 16.6 Å². The monoisotopic (exact) mass is 195 g/mol. The lowest BCUT2D eigenvalue weighted by molar-refractivity contribution is 0.509. The van der Waals surface area contributed by atoms with Crippen molar-refractivity contribution in [3.63, 3.8) is 0 Å². The van der Waals surface area contributed by atoms with Gasteiger partial charge >= 0.3 is 0 Å². The van der Waals surface area contributed by atoms with Crippen molar-refractivity contribution in [2.24, 2.45) is 5.84 Å². The number of terminal acetylenes is 1. The Morgan fingerprint density at radius 1 is 1.77 bits per heavy atom. The highest BCUT2D eigenvalue weighted by molar-refractivity contribution is 7.09. The van der Waals surface area contributed by atoms with Gasteiger partial charge in [0.1, 0.15) is 0 Å². The third kappa shape index (κ3) is 3.15. The second kappa shape index (κ2) is 5.70. The van der Waals surface area contributed by atoms with E-state index >= 15 is 0 Å². The van der Waals surface area contributed by atoms with E-state index in [0.29, 0.717) is 0 Å². The lowest BCUT2D eigenvalue weighted by atomic mass is 10.1. The van der Waals surface area contributed by atoms with E-state index in [4.69, 9.17) is 12.3 Å². The highest BCUT2D eigenvalue weighted by atomic mass is 32.1. The van der Waals surface area contributed by atoms with E-state index in [1.807, 2.05) is 6.20 Å². The summed E-state index contributed by atoms with van der Waals surface area (Å²) >= 11 is 1.61. The normalized spacial score (nSPS) is 12.3. The van der Waals surface area contributed by atoms with E-state index < -0.39 is 0 Å². The predicted octanol–water partition coefficient (Wildman–Crippen LogP) is 1.45. The van der Waals surface area contributed by atoms with Crippen LogP contribution in [0.1, 0.15) is 30.2 Å². The maximum absolute atomic E-state index is 5.42. The molecule has 0 bridgehead atoms. The molecule has 0 spiro atoms. The van der Waals surface area contributed by atoms with Crippen LogP contribution in [-0.4, -0.2) is 4.98 Å². The Bertz CT molecular complexity index is 263. The first-order valence-corrected chi connectivity index (χ1v) is 5.04. The van der Waals surface area contributed by atoms with Crippen LogP contribution in [0.5, 0.6) is 0 Å². The van der Waals surface area contributed by atoms with Gasteiger partial charge in [0.15, 0.2) is 0 Å². The van der Waals surface area contributed by atoms with Gasteiger partial charge < -0.3 is 0 Å². The van der Waals surface area contributed by atoms with Crippen molar-refractivity contribution >= 4 is 11.3 Å². The Kier molecular flexibility index (Phi) is 4.47. The van der Waals surface area contributed by atoms with Crippen molar-refractivity contribution in [3.8, 4) is 12.3 Å². The van der Waals surface area contributed by atoms with Gasteiger partial charge in [0.25, 0.3) is 0 Å². The van der Waals surface area contributed by atoms with Crippen LogP contribution in [0.25, 0.3) is 0 Å². The van der Waals surface area contributed by atoms with Crippen LogP contribution in [0.15, 0.2) is 11.7 Å². The first-order chi connectivity index (χ1) is 6.38. The predicted molar refractivity (Wildman–Crippen MR) is 54.9 cm³/mol. The van der Waals surface area contributed by atoms with Crippen molar-refractivity contribution in [2.75, 3.05) is 0 Å². The molecule has 0 aliphatic rings. The summed E-state index contributed by atoms with van der Waals surface area (Å²) in [5, 5.41) is 0. The number of nitrogens with zero attached hydrogens (tertiary/aromatic N) is 1. The smallest absolute Gasteiger partial charge is 0.0794 e. The second-order valence-electron chi connectivity index (χ2n) is 2.72. The van der Waals surface area contributed by atoms with Crippen LogP contribution < -0.4 is 11.3 Å². The summed E-state index contributed by atoms with van der Waals surface area (Å²) in [5.41, 5.74) is 4.57. The molecule has 0 aromatic carbocycles. The second-order valence-corrected chi connectivity index (χ2v) is 3.64. The summed E-state index contributed by atoms with van der Waals surface area (Å²) in [7, 11) is 0. The molecule has 0 amide bonds. The molecule has 1 aromatic rings. The highest BCUT2D eigenvalue weighted by Crippen LogP contribution is 2.21. The lowest BCUT2D eigenvalue weighted by Crippen LogP contribution is -2.27. The molecule has 1 rings (SSSR count). The van der Waals surface area contributed by atoms with E-state index in [1.165, 1.54) is 4.88 Å². The molecular formula is C9H13N3S. The van der Waals surface area contributed by atoms with Crippen LogP contribution in [-0.2, 0) is 0 Å². The van der Waals surface area contributed by atoms with Crippen LogP contribution >= 0.6 is 11.3 Å². The van der Waals surface area contributed by atoms with Gasteiger partial charge in [-0.2, -0.15) is 0 Å². The van der Waals surface area contributed by atoms with Gasteiger partial charge in [0.05, 0.1) is 11.6 Å². The summed E-state index contributed by atoms with van der Waals surface area (Å²) < 4.78 is 0. The van der Waals surface area contributed by atoms with Crippen LogP contribution in [0.4, 0.5) is 0 Å². The Morgan fingerprint density at radius 2 is 2.62 bits per heavy atom. The molecule has 0 aliphatic heterocycles. The van der Waals surface area contributed by atoms with Gasteiger partial charge in [0.2, 0.25) is 0 Å². The van der Waals surface area contributed by atoms with E-state index in [2.05, 4.69) is 16.3 Å². The molecule has 0 aliphatic carbocycles. The number of hydrazine groups is 1. The maximum atomic E-state index is 5.42. The number of nitrogens with one attached hydrogen (secondary N) is 1. The third-order valence-corrected chi connectivity index (χ3v) is 2.70. The first-order valence-electron chi connectivity index (χ1n) is 4.16. The topological polar surface area (TPSA) is 50.9 Å². The summed E-state index contributed by atoms with van der Waals surface area (Å²) in [6.07, 6.45) is 9.75. The molecule has 3 N–H and O–H groups in total. The average Bonchev–Trinajstić information content (AvgIpc) is 2.65. The number of aromatic nitrogens is 1. The molecular weight excluding hydrogens is 182 g/mol. The zero-order valence-electron chi connectivity index (χ0n) is 7.36. The molecule has 13 heavy (non-hydrogen) atoms. The molecule has 0 fully saturated rings. The zero-order valence-corrected chi connectivity index (χ0v) is 8.18. The molecule has 0 saturated carbocycles. The molecule has 4 heteroatoms.